The van der Waals surface area contributed by atoms with Gasteiger partial charge in [0.05, 0.1) is 7.11 Å². The maximum absolute atomic E-state index is 11.2. The number of carbonyl (C=O) groups is 2. The van der Waals surface area contributed by atoms with Gasteiger partial charge in [0.1, 0.15) is 0 Å². The van der Waals surface area contributed by atoms with E-state index in [1.807, 2.05) is 25.2 Å². The van der Waals surface area contributed by atoms with Crippen molar-refractivity contribution in [3.63, 3.8) is 0 Å². The predicted molar refractivity (Wildman–Crippen MR) is 101 cm³/mol. The van der Waals surface area contributed by atoms with Crippen molar-refractivity contribution in [2.45, 2.75) is 65.2 Å². The molecule has 0 aromatic heterocycles. The van der Waals surface area contributed by atoms with Gasteiger partial charge in [-0.25, -0.2) is 0 Å². The van der Waals surface area contributed by atoms with E-state index in [0.29, 0.717) is 6.42 Å². The second kappa shape index (κ2) is 16.0. The number of ether oxygens (including phenoxy) is 1. The molecular weight excluding hydrogens is 300 g/mol. The van der Waals surface area contributed by atoms with E-state index < -0.39 is 0 Å². The Labute approximate surface area is 147 Å². The van der Waals surface area contributed by atoms with Crippen molar-refractivity contribution < 1.29 is 14.3 Å². The van der Waals surface area contributed by atoms with Crippen LogP contribution in [0.1, 0.15) is 65.2 Å². The largest absolute Gasteiger partial charge is 0.469 e. The van der Waals surface area contributed by atoms with E-state index in [2.05, 4.69) is 29.9 Å². The molecule has 0 heterocycles. The Kier molecular flexibility index (Phi) is 14.7. The number of unbranched alkanes of at least 4 members (excludes halogenated alkanes) is 3. The molecule has 1 aliphatic rings. The topological polar surface area (TPSA) is 43.4 Å². The summed E-state index contributed by atoms with van der Waals surface area (Å²) in [5.41, 5.74) is 0.976. The molecule has 3 heteroatoms. The lowest BCUT2D eigenvalue weighted by molar-refractivity contribution is -0.140. The van der Waals surface area contributed by atoms with Crippen LogP contribution in [0.25, 0.3) is 0 Å². The molecule has 1 rings (SSSR count). The smallest absolute Gasteiger partial charge is 0.305 e. The molecular formula is C21H32O3. The Morgan fingerprint density at radius 1 is 1.17 bits per heavy atom. The number of hydrogen-bond acceptors (Lipinski definition) is 3. The normalized spacial score (nSPS) is 15.3. The Morgan fingerprint density at radius 3 is 2.50 bits per heavy atom. The first kappa shape index (κ1) is 22.1. The first-order valence-corrected chi connectivity index (χ1v) is 8.88. The van der Waals surface area contributed by atoms with E-state index in [1.165, 1.54) is 7.11 Å². The van der Waals surface area contributed by atoms with E-state index in [0.717, 1.165) is 50.5 Å². The number of allylic oxidation sites excluding steroid dienone is 8. The highest BCUT2D eigenvalue weighted by atomic mass is 16.5. The highest BCUT2D eigenvalue weighted by Gasteiger charge is 2.08. The molecule has 0 aromatic carbocycles. The molecule has 0 bridgehead atoms. The van der Waals surface area contributed by atoms with Crippen LogP contribution in [-0.4, -0.2) is 18.9 Å². The van der Waals surface area contributed by atoms with Gasteiger partial charge in [-0.05, 0) is 63.5 Å². The Bertz CT molecular complexity index is 467. The molecule has 0 unspecified atom stereocenters. The quantitative estimate of drug-likeness (QED) is 0.243. The molecule has 3 nitrogen and oxygen atoms in total. The highest BCUT2D eigenvalue weighted by Crippen LogP contribution is 2.14. The summed E-state index contributed by atoms with van der Waals surface area (Å²) >= 11 is 0. The van der Waals surface area contributed by atoms with Crippen LogP contribution in [0, 0.1) is 0 Å². The third kappa shape index (κ3) is 12.6. The van der Waals surface area contributed by atoms with E-state index in [9.17, 15) is 9.59 Å². The minimum Gasteiger partial charge on any atom is -0.469 e. The van der Waals surface area contributed by atoms with Crippen LogP contribution in [0.5, 0.6) is 0 Å². The molecule has 0 saturated heterocycles. The van der Waals surface area contributed by atoms with Crippen LogP contribution in [0.4, 0.5) is 0 Å². The van der Waals surface area contributed by atoms with Gasteiger partial charge in [0.25, 0.3) is 0 Å². The lowest BCUT2D eigenvalue weighted by Crippen LogP contribution is -1.98. The van der Waals surface area contributed by atoms with Gasteiger partial charge in [-0.1, -0.05) is 43.4 Å². The Balaban J connectivity index is 0.000000470. The average Bonchev–Trinajstić information content (AvgIpc) is 3.00. The fourth-order valence-electron chi connectivity index (χ4n) is 2.11. The van der Waals surface area contributed by atoms with E-state index >= 15 is 0 Å². The second-order valence-corrected chi connectivity index (χ2v) is 5.55. The molecule has 0 N–H and O–H groups in total. The highest BCUT2D eigenvalue weighted by molar-refractivity contribution is 6.06. The summed E-state index contributed by atoms with van der Waals surface area (Å²) in [6.45, 7) is 4.11. The van der Waals surface area contributed by atoms with E-state index in [1.54, 1.807) is 6.08 Å². The predicted octanol–water partition coefficient (Wildman–Crippen LogP) is 5.48. The molecule has 0 atom stereocenters. The maximum Gasteiger partial charge on any atom is 0.305 e. The minimum atomic E-state index is -0.121. The summed E-state index contributed by atoms with van der Waals surface area (Å²) < 4.78 is 4.47. The van der Waals surface area contributed by atoms with Crippen LogP contribution in [0.3, 0.4) is 0 Å². The zero-order valence-electron chi connectivity index (χ0n) is 15.4. The summed E-state index contributed by atoms with van der Waals surface area (Å²) in [5.74, 6) is 0.0820. The van der Waals surface area contributed by atoms with Gasteiger partial charge in [0, 0.05) is 6.42 Å². The van der Waals surface area contributed by atoms with Gasteiger partial charge in [0.2, 0.25) is 0 Å². The SMILES string of the molecule is C/C=C\CCCC(=O)OC.CC/C=C\CCC/C=C1\CC=CC1=O. The molecule has 0 spiro atoms. The monoisotopic (exact) mass is 332 g/mol. The van der Waals surface area contributed by atoms with Crippen molar-refractivity contribution in [2.24, 2.45) is 0 Å². The van der Waals surface area contributed by atoms with Crippen molar-refractivity contribution in [3.8, 4) is 0 Å². The molecule has 134 valence electrons. The Hall–Kier alpha value is -1.90. The van der Waals surface area contributed by atoms with Crippen LogP contribution >= 0.6 is 0 Å². The average molecular weight is 332 g/mol. The maximum atomic E-state index is 11.2. The molecule has 0 fully saturated rings. The van der Waals surface area contributed by atoms with Crippen LogP contribution in [0.15, 0.2) is 48.1 Å². The lowest BCUT2D eigenvalue weighted by atomic mass is 10.1. The summed E-state index contributed by atoms with van der Waals surface area (Å²) in [7, 11) is 1.41. The van der Waals surface area contributed by atoms with E-state index in [-0.39, 0.29) is 11.8 Å². The fraction of sp³-hybridized carbons (Fsp3) is 0.524. The first-order valence-electron chi connectivity index (χ1n) is 8.88. The minimum absolute atomic E-state index is 0.121. The first-order chi connectivity index (χ1) is 11.7. The van der Waals surface area contributed by atoms with Crippen LogP contribution < -0.4 is 0 Å². The number of carbonyl (C=O) groups excluding carboxylic acids is 2. The van der Waals surface area contributed by atoms with E-state index in [4.69, 9.17) is 0 Å². The molecule has 1 aliphatic carbocycles. The molecule has 0 radical (unpaired) electrons. The van der Waals surface area contributed by atoms with Gasteiger partial charge < -0.3 is 4.74 Å². The van der Waals surface area contributed by atoms with Gasteiger partial charge >= 0.3 is 5.97 Å². The number of rotatable bonds is 9. The van der Waals surface area contributed by atoms with Crippen molar-refractivity contribution >= 4 is 11.8 Å². The van der Waals surface area contributed by atoms with Crippen LogP contribution in [-0.2, 0) is 14.3 Å². The summed E-state index contributed by atoms with van der Waals surface area (Å²) in [6.07, 6.45) is 21.7. The van der Waals surface area contributed by atoms with Gasteiger partial charge in [-0.2, -0.15) is 0 Å². The summed E-state index contributed by atoms with van der Waals surface area (Å²) in [6, 6.07) is 0. The Morgan fingerprint density at radius 2 is 1.92 bits per heavy atom. The van der Waals surface area contributed by atoms with Crippen molar-refractivity contribution in [1.82, 2.24) is 0 Å². The van der Waals surface area contributed by atoms with Gasteiger partial charge in [0.15, 0.2) is 5.78 Å². The van der Waals surface area contributed by atoms with Gasteiger partial charge in [-0.15, -0.1) is 0 Å². The lowest BCUT2D eigenvalue weighted by Gasteiger charge is -1.94. The zero-order chi connectivity index (χ0) is 18.0. The molecule has 0 aliphatic heterocycles. The number of hydrogen-bond donors (Lipinski definition) is 0. The third-order valence-corrected chi connectivity index (χ3v) is 3.51. The van der Waals surface area contributed by atoms with Crippen LogP contribution in [0.2, 0.25) is 0 Å². The molecule has 24 heavy (non-hydrogen) atoms. The molecule has 0 saturated carbocycles. The van der Waals surface area contributed by atoms with Gasteiger partial charge in [-0.3, -0.25) is 9.59 Å². The number of ketones is 1. The standard InChI is InChI=1S/C13H18O.C8H14O2/c1-2-3-4-5-6-7-9-12-10-8-11-13(12)14;1-3-4-5-6-7-8(9)10-2/h3-4,8-9,11H,2,5-7,10H2,1H3;3-4H,5-7H2,1-2H3/b4-3-,12-9+;4-3-. The summed E-state index contributed by atoms with van der Waals surface area (Å²) in [5, 5.41) is 0. The molecule has 0 aromatic rings. The number of esters is 1. The zero-order valence-corrected chi connectivity index (χ0v) is 15.4. The summed E-state index contributed by atoms with van der Waals surface area (Å²) in [4.78, 5) is 21.7. The fourth-order valence-corrected chi connectivity index (χ4v) is 2.11. The van der Waals surface area contributed by atoms with Crippen molar-refractivity contribution in [2.75, 3.05) is 7.11 Å². The van der Waals surface area contributed by atoms with Crippen molar-refractivity contribution in [3.05, 3.63) is 48.1 Å². The second-order valence-electron chi connectivity index (χ2n) is 5.55. The molecule has 0 amide bonds. The third-order valence-electron chi connectivity index (χ3n) is 3.51. The number of methoxy groups -OCH3 is 1. The van der Waals surface area contributed by atoms with Crippen molar-refractivity contribution in [1.29, 1.82) is 0 Å².